The largest absolute Gasteiger partial charge is 0.351 e. The maximum absolute atomic E-state index is 13.0. The summed E-state index contributed by atoms with van der Waals surface area (Å²) in [7, 11) is 0. The van der Waals surface area contributed by atoms with Gasteiger partial charge < -0.3 is 4.90 Å². The first-order chi connectivity index (χ1) is 12.1. The van der Waals surface area contributed by atoms with Crippen LogP contribution in [0.25, 0.3) is 5.78 Å². The summed E-state index contributed by atoms with van der Waals surface area (Å²) in [6.07, 6.45) is 2.69. The van der Waals surface area contributed by atoms with E-state index >= 15 is 0 Å². The first kappa shape index (κ1) is 15.7. The van der Waals surface area contributed by atoms with E-state index in [0.29, 0.717) is 18.0 Å². The summed E-state index contributed by atoms with van der Waals surface area (Å²) in [4.78, 5) is 29.0. The fraction of sp³-hybridized carbons (Fsp3) is 0.375. The van der Waals surface area contributed by atoms with Crippen LogP contribution in [0.2, 0.25) is 0 Å². The van der Waals surface area contributed by atoms with Gasteiger partial charge in [-0.15, -0.1) is 0 Å². The molecule has 1 aliphatic heterocycles. The van der Waals surface area contributed by atoms with E-state index in [-0.39, 0.29) is 17.4 Å². The number of rotatable bonds is 3. The van der Waals surface area contributed by atoms with Crippen molar-refractivity contribution in [3.05, 3.63) is 52.6 Å². The van der Waals surface area contributed by atoms with Crippen molar-refractivity contribution in [2.24, 2.45) is 0 Å². The van der Waals surface area contributed by atoms with E-state index < -0.39 is 0 Å². The molecule has 1 unspecified atom stereocenters. The second kappa shape index (κ2) is 6.25. The molecule has 130 valence electrons. The lowest BCUT2D eigenvalue weighted by Crippen LogP contribution is -2.52. The summed E-state index contributed by atoms with van der Waals surface area (Å²) >= 11 is 0. The number of aromatic nitrogens is 5. The van der Waals surface area contributed by atoms with Crippen LogP contribution in [0, 0.1) is 5.82 Å². The van der Waals surface area contributed by atoms with Crippen LogP contribution in [0.3, 0.4) is 0 Å². The molecule has 25 heavy (non-hydrogen) atoms. The fourth-order valence-electron chi connectivity index (χ4n) is 3.23. The lowest BCUT2D eigenvalue weighted by molar-refractivity contribution is 0.218. The van der Waals surface area contributed by atoms with Crippen LogP contribution >= 0.6 is 0 Å². The van der Waals surface area contributed by atoms with Gasteiger partial charge in [0.1, 0.15) is 18.0 Å². The standard InChI is InChI=1S/C16H18FN7O/c1-11-8-22(4-5-23(11)14-3-2-12(17)7-18-14)9-13-6-15(25)24-16(21-13)19-10-20-24/h2-3,6-7,10-11H,4-5,8-9H2,1H3,(H,19,20,21). The zero-order valence-corrected chi connectivity index (χ0v) is 13.8. The van der Waals surface area contributed by atoms with Crippen molar-refractivity contribution in [3.63, 3.8) is 0 Å². The first-order valence-electron chi connectivity index (χ1n) is 8.13. The van der Waals surface area contributed by atoms with Crippen molar-refractivity contribution in [3.8, 4) is 0 Å². The Hall–Kier alpha value is -2.81. The number of halogens is 1. The van der Waals surface area contributed by atoms with Gasteiger partial charge in [-0.25, -0.2) is 19.3 Å². The van der Waals surface area contributed by atoms with Crippen molar-refractivity contribution in [1.82, 2.24) is 29.5 Å². The highest BCUT2D eigenvalue weighted by Crippen LogP contribution is 2.19. The lowest BCUT2D eigenvalue weighted by atomic mass is 10.1. The van der Waals surface area contributed by atoms with Crippen molar-refractivity contribution < 1.29 is 4.39 Å². The van der Waals surface area contributed by atoms with Gasteiger partial charge in [0.05, 0.1) is 11.9 Å². The number of hydrogen-bond donors (Lipinski definition) is 1. The molecule has 0 saturated carbocycles. The molecule has 4 rings (SSSR count). The molecule has 1 fully saturated rings. The number of fused-ring (bicyclic) bond motifs is 1. The quantitative estimate of drug-likeness (QED) is 0.752. The summed E-state index contributed by atoms with van der Waals surface area (Å²) in [5.41, 5.74) is 0.539. The number of nitrogens with one attached hydrogen (secondary N) is 1. The number of H-pyrrole nitrogens is 1. The van der Waals surface area contributed by atoms with Crippen LogP contribution in [0.5, 0.6) is 0 Å². The summed E-state index contributed by atoms with van der Waals surface area (Å²) < 4.78 is 14.4. The molecule has 4 heterocycles. The number of nitrogens with zero attached hydrogens (tertiary/aromatic N) is 6. The molecule has 1 atom stereocenters. The molecule has 1 aliphatic rings. The number of piperazine rings is 1. The predicted octanol–water partition coefficient (Wildman–Crippen LogP) is 0.662. The summed E-state index contributed by atoms with van der Waals surface area (Å²) in [5.74, 6) is 0.828. The Morgan fingerprint density at radius 1 is 1.32 bits per heavy atom. The highest BCUT2D eigenvalue weighted by atomic mass is 19.1. The molecule has 3 aromatic heterocycles. The smallest absolute Gasteiger partial charge is 0.274 e. The van der Waals surface area contributed by atoms with Crippen LogP contribution in [0.15, 0.2) is 35.5 Å². The maximum Gasteiger partial charge on any atom is 0.274 e. The number of hydrogen-bond acceptors (Lipinski definition) is 6. The summed E-state index contributed by atoms with van der Waals surface area (Å²) in [6.45, 7) is 5.10. The Bertz CT molecular complexity index is 936. The van der Waals surface area contributed by atoms with Gasteiger partial charge in [-0.2, -0.15) is 4.52 Å². The zero-order chi connectivity index (χ0) is 17.4. The predicted molar refractivity (Wildman–Crippen MR) is 89.9 cm³/mol. The van der Waals surface area contributed by atoms with E-state index in [4.69, 9.17) is 0 Å². The van der Waals surface area contributed by atoms with Gasteiger partial charge >= 0.3 is 0 Å². The number of aromatic amines is 1. The van der Waals surface area contributed by atoms with E-state index in [1.165, 1.54) is 29.2 Å². The second-order valence-electron chi connectivity index (χ2n) is 6.22. The minimum Gasteiger partial charge on any atom is -0.351 e. The van der Waals surface area contributed by atoms with Crippen molar-refractivity contribution in [1.29, 1.82) is 0 Å². The maximum atomic E-state index is 13.0. The average molecular weight is 343 g/mol. The minimum atomic E-state index is -0.332. The van der Waals surface area contributed by atoms with E-state index in [0.717, 1.165) is 25.5 Å². The van der Waals surface area contributed by atoms with Gasteiger partial charge in [-0.3, -0.25) is 14.8 Å². The second-order valence-corrected chi connectivity index (χ2v) is 6.22. The number of anilines is 1. The molecule has 3 aromatic rings. The Morgan fingerprint density at radius 2 is 2.20 bits per heavy atom. The molecule has 0 aromatic carbocycles. The Balaban J connectivity index is 1.46. The van der Waals surface area contributed by atoms with Crippen LogP contribution in [0.1, 0.15) is 12.6 Å². The van der Waals surface area contributed by atoms with Gasteiger partial charge in [-0.1, -0.05) is 0 Å². The Kier molecular flexibility index (Phi) is 3.92. The van der Waals surface area contributed by atoms with E-state index in [1.54, 1.807) is 6.07 Å². The van der Waals surface area contributed by atoms with E-state index in [9.17, 15) is 9.18 Å². The van der Waals surface area contributed by atoms with Gasteiger partial charge in [0.25, 0.3) is 11.3 Å². The molecule has 1 N–H and O–H groups in total. The fourth-order valence-corrected chi connectivity index (χ4v) is 3.23. The summed E-state index contributed by atoms with van der Waals surface area (Å²) in [6, 6.07) is 4.89. The van der Waals surface area contributed by atoms with Gasteiger partial charge in [0.2, 0.25) is 0 Å². The van der Waals surface area contributed by atoms with Gasteiger partial charge in [-0.05, 0) is 19.1 Å². The lowest BCUT2D eigenvalue weighted by Gasteiger charge is -2.40. The van der Waals surface area contributed by atoms with Crippen LogP contribution < -0.4 is 10.5 Å². The highest BCUT2D eigenvalue weighted by Gasteiger charge is 2.25. The van der Waals surface area contributed by atoms with Crippen molar-refractivity contribution in [2.75, 3.05) is 24.5 Å². The molecular formula is C16H18FN7O. The number of pyridine rings is 1. The SMILES string of the molecule is CC1CN(Cc2cc(=O)n3[nH]cnc3n2)CCN1c1ccc(F)cn1. The van der Waals surface area contributed by atoms with Crippen LogP contribution in [-0.4, -0.2) is 55.1 Å². The van der Waals surface area contributed by atoms with Crippen LogP contribution in [-0.2, 0) is 6.54 Å². The third kappa shape index (κ3) is 3.10. The monoisotopic (exact) mass is 343 g/mol. The molecule has 8 nitrogen and oxygen atoms in total. The van der Waals surface area contributed by atoms with Crippen LogP contribution in [0.4, 0.5) is 10.2 Å². The van der Waals surface area contributed by atoms with E-state index in [1.807, 2.05) is 0 Å². The first-order valence-corrected chi connectivity index (χ1v) is 8.13. The molecule has 0 radical (unpaired) electrons. The summed E-state index contributed by atoms with van der Waals surface area (Å²) in [5, 5.41) is 2.73. The van der Waals surface area contributed by atoms with Crippen molar-refractivity contribution in [2.45, 2.75) is 19.5 Å². The third-order valence-corrected chi connectivity index (χ3v) is 4.42. The molecule has 1 saturated heterocycles. The third-order valence-electron chi connectivity index (χ3n) is 4.42. The molecule has 0 bridgehead atoms. The molecule has 0 aliphatic carbocycles. The minimum absolute atomic E-state index is 0.167. The average Bonchev–Trinajstić information content (AvgIpc) is 3.05. The Morgan fingerprint density at radius 3 is 2.96 bits per heavy atom. The van der Waals surface area contributed by atoms with Crippen molar-refractivity contribution >= 4 is 11.6 Å². The topological polar surface area (TPSA) is 82.4 Å². The van der Waals surface area contributed by atoms with Gasteiger partial charge in [0.15, 0.2) is 0 Å². The Labute approximate surface area is 142 Å². The van der Waals surface area contributed by atoms with Gasteiger partial charge in [0, 0.05) is 38.3 Å². The zero-order valence-electron chi connectivity index (χ0n) is 13.8. The molecule has 0 amide bonds. The molecule has 9 heteroatoms. The normalized spacial score (nSPS) is 18.8. The van der Waals surface area contributed by atoms with E-state index in [2.05, 4.69) is 36.8 Å². The molecular weight excluding hydrogens is 325 g/mol. The highest BCUT2D eigenvalue weighted by molar-refractivity contribution is 5.40. The molecule has 0 spiro atoms.